The summed E-state index contributed by atoms with van der Waals surface area (Å²) in [6.45, 7) is 1.42. The van der Waals surface area contributed by atoms with E-state index in [1.165, 1.54) is 0 Å². The molecule has 0 aromatic heterocycles. The largest absolute Gasteiger partial charge is 0.382 e. The molecular weight excluding hydrogens is 169 g/mol. The van der Waals surface area contributed by atoms with Crippen molar-refractivity contribution in [3.8, 4) is 0 Å². The lowest BCUT2D eigenvalue weighted by Crippen LogP contribution is -2.48. The third-order valence-corrected chi connectivity index (χ3v) is 3.05. The lowest BCUT2D eigenvalue weighted by atomic mass is 9.91. The van der Waals surface area contributed by atoms with Crippen molar-refractivity contribution in [3.63, 3.8) is 0 Å². The van der Waals surface area contributed by atoms with Gasteiger partial charge in [-0.25, -0.2) is 0 Å². The molecule has 4 nitrogen and oxygen atoms in total. The molecule has 13 heavy (non-hydrogen) atoms. The summed E-state index contributed by atoms with van der Waals surface area (Å²) in [6.07, 6.45) is 0.127. The van der Waals surface area contributed by atoms with Crippen LogP contribution in [0.3, 0.4) is 0 Å². The van der Waals surface area contributed by atoms with Crippen LogP contribution in [-0.4, -0.2) is 59.0 Å². The summed E-state index contributed by atoms with van der Waals surface area (Å²) in [4.78, 5) is 0. The van der Waals surface area contributed by atoms with Gasteiger partial charge in [0.15, 0.2) is 0 Å². The Morgan fingerprint density at radius 3 is 2.92 bits per heavy atom. The second kappa shape index (κ2) is 3.24. The van der Waals surface area contributed by atoms with Gasteiger partial charge in [-0.2, -0.15) is 0 Å². The van der Waals surface area contributed by atoms with Gasteiger partial charge < -0.3 is 19.5 Å². The van der Waals surface area contributed by atoms with Crippen molar-refractivity contribution in [2.24, 2.45) is 0 Å². The van der Waals surface area contributed by atoms with E-state index in [1.807, 2.05) is 0 Å². The summed E-state index contributed by atoms with van der Waals surface area (Å²) >= 11 is 0. The SMILES string of the molecule is B[C@@H]1O[C@@]2(COC)CNC1C2OC. The van der Waals surface area contributed by atoms with Crippen LogP contribution in [0.4, 0.5) is 0 Å². The molecule has 0 saturated carbocycles. The second-order valence-corrected chi connectivity index (χ2v) is 3.88. The van der Waals surface area contributed by atoms with Gasteiger partial charge in [0, 0.05) is 26.8 Å². The maximum absolute atomic E-state index is 5.88. The molecule has 0 amide bonds. The summed E-state index contributed by atoms with van der Waals surface area (Å²) in [5.41, 5.74) is -0.256. The maximum Gasteiger partial charge on any atom is 0.141 e. The molecule has 0 aromatic rings. The Labute approximate surface area is 79.3 Å². The molecule has 2 bridgehead atoms. The number of fused-ring (bicyclic) bond motifs is 2. The highest BCUT2D eigenvalue weighted by atomic mass is 16.6. The monoisotopic (exact) mass is 185 g/mol. The number of hydrogen-bond donors (Lipinski definition) is 1. The molecule has 2 fully saturated rings. The van der Waals surface area contributed by atoms with E-state index in [9.17, 15) is 0 Å². The van der Waals surface area contributed by atoms with Crippen molar-refractivity contribution in [3.05, 3.63) is 0 Å². The van der Waals surface area contributed by atoms with Crippen molar-refractivity contribution < 1.29 is 14.2 Å². The fourth-order valence-electron chi connectivity index (χ4n) is 2.56. The van der Waals surface area contributed by atoms with Crippen molar-refractivity contribution >= 4 is 7.85 Å². The highest BCUT2D eigenvalue weighted by molar-refractivity contribution is 6.12. The first-order valence-electron chi connectivity index (χ1n) is 4.66. The second-order valence-electron chi connectivity index (χ2n) is 3.88. The number of rotatable bonds is 3. The van der Waals surface area contributed by atoms with Crippen LogP contribution in [0.15, 0.2) is 0 Å². The first-order valence-corrected chi connectivity index (χ1v) is 4.66. The molecule has 5 heteroatoms. The van der Waals surface area contributed by atoms with E-state index < -0.39 is 0 Å². The van der Waals surface area contributed by atoms with E-state index in [1.54, 1.807) is 14.2 Å². The zero-order valence-corrected chi connectivity index (χ0v) is 8.37. The summed E-state index contributed by atoms with van der Waals surface area (Å²) in [5.74, 6) is 0. The first kappa shape index (κ1) is 9.46. The summed E-state index contributed by atoms with van der Waals surface area (Å²) in [6, 6.07) is 0.536. The van der Waals surface area contributed by atoms with E-state index in [-0.39, 0.29) is 17.7 Å². The summed E-state index contributed by atoms with van der Waals surface area (Å²) in [5, 5.41) is 3.40. The van der Waals surface area contributed by atoms with Gasteiger partial charge in [0.05, 0.1) is 12.6 Å². The maximum atomic E-state index is 5.88. The Morgan fingerprint density at radius 2 is 2.38 bits per heavy atom. The van der Waals surface area contributed by atoms with Gasteiger partial charge in [0.25, 0.3) is 0 Å². The van der Waals surface area contributed by atoms with Gasteiger partial charge in [-0.15, -0.1) is 0 Å². The van der Waals surface area contributed by atoms with Gasteiger partial charge in [0.1, 0.15) is 19.6 Å². The Hall–Kier alpha value is -0.0951. The fraction of sp³-hybridized carbons (Fsp3) is 1.00. The van der Waals surface area contributed by atoms with Crippen molar-refractivity contribution in [1.29, 1.82) is 0 Å². The average molecular weight is 185 g/mol. The Kier molecular flexibility index (Phi) is 2.36. The van der Waals surface area contributed by atoms with Crippen LogP contribution in [0.25, 0.3) is 0 Å². The van der Waals surface area contributed by atoms with Crippen LogP contribution >= 0.6 is 0 Å². The van der Waals surface area contributed by atoms with Crippen LogP contribution in [0.1, 0.15) is 0 Å². The van der Waals surface area contributed by atoms with Crippen LogP contribution in [0.5, 0.6) is 0 Å². The molecule has 2 heterocycles. The minimum Gasteiger partial charge on any atom is -0.382 e. The normalized spacial score (nSPS) is 48.6. The smallest absolute Gasteiger partial charge is 0.141 e. The van der Waals surface area contributed by atoms with E-state index in [0.717, 1.165) is 6.54 Å². The van der Waals surface area contributed by atoms with E-state index in [0.29, 0.717) is 12.6 Å². The molecule has 0 aliphatic carbocycles. The van der Waals surface area contributed by atoms with Crippen LogP contribution in [0, 0.1) is 0 Å². The number of methoxy groups -OCH3 is 2. The summed E-state index contributed by atoms with van der Waals surface area (Å²) in [7, 11) is 5.50. The van der Waals surface area contributed by atoms with Crippen LogP contribution in [-0.2, 0) is 14.2 Å². The van der Waals surface area contributed by atoms with Gasteiger partial charge >= 0.3 is 0 Å². The molecule has 0 spiro atoms. The van der Waals surface area contributed by atoms with Gasteiger partial charge in [0.2, 0.25) is 0 Å². The van der Waals surface area contributed by atoms with E-state index in [2.05, 4.69) is 13.2 Å². The lowest BCUT2D eigenvalue weighted by molar-refractivity contribution is -0.107. The number of hydrogen-bond acceptors (Lipinski definition) is 4. The molecule has 2 aliphatic heterocycles. The van der Waals surface area contributed by atoms with Crippen LogP contribution in [0.2, 0.25) is 0 Å². The van der Waals surface area contributed by atoms with E-state index in [4.69, 9.17) is 14.2 Å². The lowest BCUT2D eigenvalue weighted by Gasteiger charge is -2.30. The van der Waals surface area contributed by atoms with Gasteiger partial charge in [-0.1, -0.05) is 0 Å². The van der Waals surface area contributed by atoms with Crippen molar-refractivity contribution in [1.82, 2.24) is 5.32 Å². The first-order chi connectivity index (χ1) is 6.23. The molecule has 1 N–H and O–H groups in total. The predicted octanol–water partition coefficient (Wildman–Crippen LogP) is -1.65. The Balaban J connectivity index is 2.17. The van der Waals surface area contributed by atoms with Gasteiger partial charge in [-0.3, -0.25) is 0 Å². The highest BCUT2D eigenvalue weighted by Crippen LogP contribution is 2.36. The van der Waals surface area contributed by atoms with Crippen molar-refractivity contribution in [2.75, 3.05) is 27.4 Å². The minimum atomic E-state index is -0.256. The topological polar surface area (TPSA) is 39.7 Å². The molecule has 2 rings (SSSR count). The molecule has 4 atom stereocenters. The molecule has 2 saturated heterocycles. The highest BCUT2D eigenvalue weighted by Gasteiger charge is 2.58. The minimum absolute atomic E-state index is 0.127. The molecule has 74 valence electrons. The Bertz CT molecular complexity index is 204. The van der Waals surface area contributed by atoms with Gasteiger partial charge in [-0.05, 0) is 0 Å². The molecule has 2 unspecified atom stereocenters. The number of morpholine rings is 1. The Morgan fingerprint density at radius 1 is 1.62 bits per heavy atom. The van der Waals surface area contributed by atoms with Crippen molar-refractivity contribution in [2.45, 2.75) is 23.8 Å². The molecule has 2 aliphatic rings. The standard InChI is InChI=1S/C8H16BNO3/c1-11-4-8-3-10-5(6(8)12-2)7(9)13-8/h5-7,10H,3-4,9H2,1-2H3/t5?,6?,7-,8-/m1/s1. The zero-order chi connectivity index (χ0) is 9.47. The predicted molar refractivity (Wildman–Crippen MR) is 50.6 cm³/mol. The molecule has 0 radical (unpaired) electrons. The summed E-state index contributed by atoms with van der Waals surface area (Å²) < 4.78 is 16.5. The third-order valence-electron chi connectivity index (χ3n) is 3.05. The number of nitrogens with one attached hydrogen (secondary N) is 1. The number of ether oxygens (including phenoxy) is 3. The fourth-order valence-corrected chi connectivity index (χ4v) is 2.56. The average Bonchev–Trinajstić information content (AvgIpc) is 2.55. The molecule has 0 aromatic carbocycles. The zero-order valence-electron chi connectivity index (χ0n) is 8.37. The van der Waals surface area contributed by atoms with E-state index >= 15 is 0 Å². The quantitative estimate of drug-likeness (QED) is 0.534. The van der Waals surface area contributed by atoms with Crippen LogP contribution < -0.4 is 5.32 Å². The molecular formula is C8H16BNO3. The third kappa shape index (κ3) is 1.22.